The van der Waals surface area contributed by atoms with Crippen LogP contribution < -0.4 is 19.5 Å². The van der Waals surface area contributed by atoms with Gasteiger partial charge in [0.1, 0.15) is 11.6 Å². The van der Waals surface area contributed by atoms with Crippen LogP contribution in [0.2, 0.25) is 0 Å². The van der Waals surface area contributed by atoms with E-state index in [4.69, 9.17) is 19.2 Å². The number of rotatable bonds is 5. The standard InChI is InChI=1S/C22H20N4O4S/c1-28-12-7-8-16-18(9-12)31-22(24-16)26-21-15(11-23-26)14(10-19(27)25-21)13-5-4-6-17(29-2)20(13)30-3/h4-9,11,14H,10H2,1-3H3,(H,25,27)/t14-/m0/s1. The van der Waals surface area contributed by atoms with E-state index < -0.39 is 0 Å². The minimum absolute atomic E-state index is 0.0908. The van der Waals surface area contributed by atoms with Gasteiger partial charge in [0, 0.05) is 23.5 Å². The van der Waals surface area contributed by atoms with Crippen molar-refractivity contribution in [1.29, 1.82) is 0 Å². The Kier molecular flexibility index (Phi) is 4.74. The molecule has 8 nitrogen and oxygen atoms in total. The molecule has 0 saturated carbocycles. The predicted molar refractivity (Wildman–Crippen MR) is 118 cm³/mol. The van der Waals surface area contributed by atoms with E-state index in [0.29, 0.717) is 28.9 Å². The number of anilines is 1. The number of nitrogens with zero attached hydrogens (tertiary/aromatic N) is 3. The lowest BCUT2D eigenvalue weighted by Gasteiger charge is -2.25. The monoisotopic (exact) mass is 436 g/mol. The second-order valence-electron chi connectivity index (χ2n) is 7.08. The van der Waals surface area contributed by atoms with E-state index in [0.717, 1.165) is 27.1 Å². The number of hydrogen-bond acceptors (Lipinski definition) is 7. The smallest absolute Gasteiger partial charge is 0.226 e. The van der Waals surface area contributed by atoms with Crippen molar-refractivity contribution in [2.45, 2.75) is 12.3 Å². The number of para-hydroxylation sites is 1. The first-order valence-corrected chi connectivity index (χ1v) is 10.5. The third-order valence-corrected chi connectivity index (χ3v) is 6.39. The van der Waals surface area contributed by atoms with E-state index in [-0.39, 0.29) is 11.8 Å². The van der Waals surface area contributed by atoms with Gasteiger partial charge in [0.25, 0.3) is 0 Å². The molecule has 3 heterocycles. The quantitative estimate of drug-likeness (QED) is 0.509. The third-order valence-electron chi connectivity index (χ3n) is 5.39. The van der Waals surface area contributed by atoms with Crippen molar-refractivity contribution in [3.63, 3.8) is 0 Å². The molecule has 9 heteroatoms. The number of amides is 1. The third kappa shape index (κ3) is 3.17. The van der Waals surface area contributed by atoms with Crippen molar-refractivity contribution in [3.8, 4) is 22.4 Å². The fourth-order valence-electron chi connectivity index (χ4n) is 3.94. The number of nitrogens with one attached hydrogen (secondary N) is 1. The SMILES string of the molecule is COc1ccc2nc(-n3ncc4c3NC(=O)C[C@H]4c3cccc(OC)c3OC)sc2c1. The molecular weight excluding hydrogens is 416 g/mol. The van der Waals surface area contributed by atoms with Gasteiger partial charge in [0.2, 0.25) is 11.0 Å². The maximum absolute atomic E-state index is 12.6. The van der Waals surface area contributed by atoms with Crippen LogP contribution in [0.5, 0.6) is 17.2 Å². The van der Waals surface area contributed by atoms with Gasteiger partial charge in [-0.15, -0.1) is 0 Å². The molecule has 1 aliphatic heterocycles. The Morgan fingerprint density at radius 1 is 1.10 bits per heavy atom. The number of hydrogen-bond donors (Lipinski definition) is 1. The lowest BCUT2D eigenvalue weighted by atomic mass is 9.86. The van der Waals surface area contributed by atoms with Crippen LogP contribution in [0.1, 0.15) is 23.5 Å². The Morgan fingerprint density at radius 3 is 2.74 bits per heavy atom. The Balaban J connectivity index is 1.62. The molecule has 4 aromatic rings. The van der Waals surface area contributed by atoms with E-state index in [2.05, 4.69) is 10.4 Å². The van der Waals surface area contributed by atoms with E-state index in [9.17, 15) is 4.79 Å². The van der Waals surface area contributed by atoms with Gasteiger partial charge >= 0.3 is 0 Å². The van der Waals surface area contributed by atoms with Crippen LogP contribution in [0, 0.1) is 0 Å². The van der Waals surface area contributed by atoms with E-state index >= 15 is 0 Å². The van der Waals surface area contributed by atoms with Gasteiger partial charge in [-0.05, 0) is 24.3 Å². The normalized spacial score (nSPS) is 15.5. The summed E-state index contributed by atoms with van der Waals surface area (Å²) in [5, 5.41) is 8.20. The second-order valence-corrected chi connectivity index (χ2v) is 8.09. The number of fused-ring (bicyclic) bond motifs is 2. The van der Waals surface area contributed by atoms with Crippen LogP contribution in [-0.4, -0.2) is 42.0 Å². The van der Waals surface area contributed by atoms with E-state index in [1.54, 1.807) is 32.2 Å². The Bertz CT molecular complexity index is 1300. The van der Waals surface area contributed by atoms with Gasteiger partial charge in [-0.2, -0.15) is 9.78 Å². The molecule has 2 aromatic heterocycles. The zero-order chi connectivity index (χ0) is 21.5. The molecule has 1 atom stereocenters. The number of aromatic nitrogens is 3. The van der Waals surface area contributed by atoms with Crippen LogP contribution >= 0.6 is 11.3 Å². The Hall–Kier alpha value is -3.59. The van der Waals surface area contributed by atoms with Crippen molar-refractivity contribution in [2.24, 2.45) is 0 Å². The van der Waals surface area contributed by atoms with Crippen LogP contribution in [-0.2, 0) is 4.79 Å². The maximum atomic E-state index is 12.6. The van der Waals surface area contributed by atoms with Crippen molar-refractivity contribution in [3.05, 3.63) is 53.7 Å². The fourth-order valence-corrected chi connectivity index (χ4v) is 4.90. The number of carbonyl (C=O) groups excluding carboxylic acids is 1. The molecule has 158 valence electrons. The lowest BCUT2D eigenvalue weighted by molar-refractivity contribution is -0.116. The summed E-state index contributed by atoms with van der Waals surface area (Å²) in [6.45, 7) is 0. The molecular formula is C22H20N4O4S. The molecule has 0 radical (unpaired) electrons. The molecule has 31 heavy (non-hydrogen) atoms. The van der Waals surface area contributed by atoms with Crippen LogP contribution in [0.15, 0.2) is 42.6 Å². The number of methoxy groups -OCH3 is 3. The topological polar surface area (TPSA) is 87.5 Å². The Labute approximate surface area is 182 Å². The molecule has 0 aliphatic carbocycles. The first-order valence-electron chi connectivity index (χ1n) is 9.66. The van der Waals surface area contributed by atoms with Crippen molar-refractivity contribution in [1.82, 2.24) is 14.8 Å². The summed E-state index contributed by atoms with van der Waals surface area (Å²) in [6.07, 6.45) is 2.07. The largest absolute Gasteiger partial charge is 0.497 e. The highest BCUT2D eigenvalue weighted by Crippen LogP contribution is 2.44. The number of carbonyl (C=O) groups is 1. The molecule has 0 saturated heterocycles. The van der Waals surface area contributed by atoms with E-state index in [1.807, 2.05) is 36.4 Å². The molecule has 0 unspecified atom stereocenters. The number of ether oxygens (including phenoxy) is 3. The zero-order valence-electron chi connectivity index (χ0n) is 17.2. The average molecular weight is 436 g/mol. The van der Waals surface area contributed by atoms with Gasteiger partial charge in [0.15, 0.2) is 11.5 Å². The summed E-state index contributed by atoms with van der Waals surface area (Å²) in [4.78, 5) is 17.3. The first kappa shape index (κ1) is 19.4. The van der Waals surface area contributed by atoms with Gasteiger partial charge in [-0.25, -0.2) is 4.98 Å². The summed E-state index contributed by atoms with van der Waals surface area (Å²) in [5.41, 5.74) is 2.63. The highest BCUT2D eigenvalue weighted by molar-refractivity contribution is 7.20. The predicted octanol–water partition coefficient (Wildman–Crippen LogP) is 3.98. The Morgan fingerprint density at radius 2 is 1.97 bits per heavy atom. The highest BCUT2D eigenvalue weighted by atomic mass is 32.1. The minimum Gasteiger partial charge on any atom is -0.497 e. The number of thiazole rings is 1. The summed E-state index contributed by atoms with van der Waals surface area (Å²) >= 11 is 1.48. The minimum atomic E-state index is -0.211. The zero-order valence-corrected chi connectivity index (χ0v) is 18.0. The second kappa shape index (κ2) is 7.59. The van der Waals surface area contributed by atoms with Gasteiger partial charge in [-0.1, -0.05) is 23.5 Å². The van der Waals surface area contributed by atoms with Crippen LogP contribution in [0.3, 0.4) is 0 Å². The molecule has 1 N–H and O–H groups in total. The summed E-state index contributed by atoms with van der Waals surface area (Å²) in [7, 11) is 4.83. The van der Waals surface area contributed by atoms with Gasteiger partial charge < -0.3 is 19.5 Å². The number of benzene rings is 2. The van der Waals surface area contributed by atoms with Crippen molar-refractivity contribution in [2.75, 3.05) is 26.6 Å². The molecule has 1 amide bonds. The molecule has 0 spiro atoms. The lowest BCUT2D eigenvalue weighted by Crippen LogP contribution is -2.24. The summed E-state index contributed by atoms with van der Waals surface area (Å²) < 4.78 is 19.0. The molecule has 2 aromatic carbocycles. The maximum Gasteiger partial charge on any atom is 0.226 e. The van der Waals surface area contributed by atoms with Crippen molar-refractivity contribution >= 4 is 33.3 Å². The first-order chi connectivity index (χ1) is 15.1. The van der Waals surface area contributed by atoms with E-state index in [1.165, 1.54) is 11.3 Å². The summed E-state index contributed by atoms with van der Waals surface area (Å²) in [5.74, 6) is 2.33. The highest BCUT2D eigenvalue weighted by Gasteiger charge is 2.33. The van der Waals surface area contributed by atoms with Crippen LogP contribution in [0.25, 0.3) is 15.3 Å². The molecule has 0 bridgehead atoms. The van der Waals surface area contributed by atoms with Gasteiger partial charge in [-0.3, -0.25) is 4.79 Å². The molecule has 0 fully saturated rings. The fraction of sp³-hybridized carbons (Fsp3) is 0.227. The molecule has 1 aliphatic rings. The van der Waals surface area contributed by atoms with Crippen molar-refractivity contribution < 1.29 is 19.0 Å². The molecule has 5 rings (SSSR count). The average Bonchev–Trinajstić information content (AvgIpc) is 3.40. The van der Waals surface area contributed by atoms with Gasteiger partial charge in [0.05, 0.1) is 37.7 Å². The summed E-state index contributed by atoms with van der Waals surface area (Å²) in [6, 6.07) is 11.4. The van der Waals surface area contributed by atoms with Crippen LogP contribution in [0.4, 0.5) is 5.82 Å².